The molecule has 1 fully saturated rings. The van der Waals surface area contributed by atoms with Crippen LogP contribution in [0.15, 0.2) is 0 Å². The summed E-state index contributed by atoms with van der Waals surface area (Å²) in [7, 11) is 0. The number of thioether (sulfide) groups is 2. The van der Waals surface area contributed by atoms with Gasteiger partial charge in [0.1, 0.15) is 0 Å². The summed E-state index contributed by atoms with van der Waals surface area (Å²) in [5.41, 5.74) is 0. The van der Waals surface area contributed by atoms with E-state index in [1.54, 1.807) is 0 Å². The molecule has 1 aliphatic heterocycles. The summed E-state index contributed by atoms with van der Waals surface area (Å²) in [5.74, 6) is 1.37. The maximum Gasteiger partial charge on any atom is 0.0477 e. The van der Waals surface area contributed by atoms with Crippen molar-refractivity contribution in [1.29, 1.82) is 0 Å². The van der Waals surface area contributed by atoms with Crippen molar-refractivity contribution in [2.75, 3.05) is 5.75 Å². The minimum Gasteiger partial charge on any atom is -0.148 e. The van der Waals surface area contributed by atoms with Gasteiger partial charge in [-0.2, -0.15) is 0 Å². The third-order valence-electron chi connectivity index (χ3n) is 1.30. The van der Waals surface area contributed by atoms with E-state index in [9.17, 15) is 0 Å². The molecule has 0 N–H and O–H groups in total. The number of hydrogen-bond donors (Lipinski definition) is 0. The summed E-state index contributed by atoms with van der Waals surface area (Å²) >= 11 is 4.19. The molecule has 2 unspecified atom stereocenters. The molecule has 48 valence electrons. The summed E-state index contributed by atoms with van der Waals surface area (Å²) in [6.45, 7) is 4.62. The van der Waals surface area contributed by atoms with E-state index in [1.165, 1.54) is 12.2 Å². The summed E-state index contributed by atoms with van der Waals surface area (Å²) < 4.78 is 0.846. The highest BCUT2D eigenvalue weighted by atomic mass is 32.2. The SMILES string of the molecule is CC1CCSC(C)S1. The molecule has 2 heteroatoms. The summed E-state index contributed by atoms with van der Waals surface area (Å²) in [4.78, 5) is 0. The van der Waals surface area contributed by atoms with E-state index in [1.807, 2.05) is 0 Å². The zero-order valence-electron chi connectivity index (χ0n) is 5.39. The normalized spacial score (nSPS) is 39.8. The average Bonchev–Trinajstić information content (AvgIpc) is 1.64. The molecule has 0 bridgehead atoms. The predicted octanol–water partition coefficient (Wildman–Crippen LogP) is 2.59. The second kappa shape index (κ2) is 3.02. The third kappa shape index (κ3) is 1.90. The van der Waals surface area contributed by atoms with Gasteiger partial charge in [0.05, 0.1) is 0 Å². The van der Waals surface area contributed by atoms with Gasteiger partial charge in [-0.25, -0.2) is 0 Å². The first-order valence-electron chi connectivity index (χ1n) is 3.06. The van der Waals surface area contributed by atoms with E-state index >= 15 is 0 Å². The Morgan fingerprint density at radius 1 is 1.38 bits per heavy atom. The molecular weight excluding hydrogens is 136 g/mol. The first-order valence-corrected chi connectivity index (χ1v) is 5.05. The second-order valence-electron chi connectivity index (χ2n) is 2.17. The molecule has 0 aromatic heterocycles. The summed E-state index contributed by atoms with van der Waals surface area (Å²) in [6.07, 6.45) is 1.40. The van der Waals surface area contributed by atoms with Gasteiger partial charge in [0.15, 0.2) is 0 Å². The van der Waals surface area contributed by atoms with E-state index in [2.05, 4.69) is 37.4 Å². The lowest BCUT2D eigenvalue weighted by Gasteiger charge is -2.22. The molecule has 0 saturated carbocycles. The van der Waals surface area contributed by atoms with Crippen molar-refractivity contribution in [3.05, 3.63) is 0 Å². The summed E-state index contributed by atoms with van der Waals surface area (Å²) in [6, 6.07) is 0. The largest absolute Gasteiger partial charge is 0.148 e. The molecule has 8 heavy (non-hydrogen) atoms. The molecule has 0 aromatic rings. The minimum atomic E-state index is 0.846. The highest BCUT2D eigenvalue weighted by Gasteiger charge is 2.14. The quantitative estimate of drug-likeness (QED) is 0.518. The van der Waals surface area contributed by atoms with Crippen LogP contribution in [0.2, 0.25) is 0 Å². The molecule has 1 heterocycles. The lowest BCUT2D eigenvalue weighted by atomic mass is 10.4. The van der Waals surface area contributed by atoms with Crippen molar-refractivity contribution in [3.8, 4) is 0 Å². The Bertz CT molecular complexity index is 64.9. The molecule has 1 rings (SSSR count). The van der Waals surface area contributed by atoms with Crippen LogP contribution in [0.5, 0.6) is 0 Å². The monoisotopic (exact) mass is 148 g/mol. The van der Waals surface area contributed by atoms with Gasteiger partial charge in [0.2, 0.25) is 0 Å². The zero-order valence-corrected chi connectivity index (χ0v) is 7.02. The van der Waals surface area contributed by atoms with Crippen LogP contribution in [0, 0.1) is 0 Å². The van der Waals surface area contributed by atoms with Crippen molar-refractivity contribution >= 4 is 23.5 Å². The maximum atomic E-state index is 2.32. The Hall–Kier alpha value is 0.700. The standard InChI is InChI=1S/C6H12S2/c1-5-3-4-7-6(2)8-5/h5-6H,3-4H2,1-2H3. The van der Waals surface area contributed by atoms with Crippen molar-refractivity contribution in [2.24, 2.45) is 0 Å². The van der Waals surface area contributed by atoms with Crippen molar-refractivity contribution < 1.29 is 0 Å². The molecule has 1 aliphatic rings. The van der Waals surface area contributed by atoms with Crippen molar-refractivity contribution in [2.45, 2.75) is 30.1 Å². The van der Waals surface area contributed by atoms with Crippen LogP contribution >= 0.6 is 23.5 Å². The van der Waals surface area contributed by atoms with Gasteiger partial charge < -0.3 is 0 Å². The van der Waals surface area contributed by atoms with Gasteiger partial charge in [-0.3, -0.25) is 0 Å². The topological polar surface area (TPSA) is 0 Å². The van der Waals surface area contributed by atoms with Crippen molar-refractivity contribution in [3.63, 3.8) is 0 Å². The Labute approximate surface area is 59.8 Å². The van der Waals surface area contributed by atoms with E-state index in [-0.39, 0.29) is 0 Å². The zero-order chi connectivity index (χ0) is 5.98. The number of hydrogen-bond acceptors (Lipinski definition) is 2. The lowest BCUT2D eigenvalue weighted by Crippen LogP contribution is -2.09. The van der Waals surface area contributed by atoms with E-state index < -0.39 is 0 Å². The second-order valence-corrected chi connectivity index (χ2v) is 5.70. The van der Waals surface area contributed by atoms with Crippen LogP contribution in [0.25, 0.3) is 0 Å². The van der Waals surface area contributed by atoms with Gasteiger partial charge in [-0.05, 0) is 19.1 Å². The van der Waals surface area contributed by atoms with E-state index in [4.69, 9.17) is 0 Å². The van der Waals surface area contributed by atoms with Gasteiger partial charge in [0, 0.05) is 9.83 Å². The Balaban J connectivity index is 2.23. The molecule has 0 radical (unpaired) electrons. The van der Waals surface area contributed by atoms with Crippen LogP contribution in [-0.4, -0.2) is 15.6 Å². The van der Waals surface area contributed by atoms with Gasteiger partial charge in [-0.15, -0.1) is 23.5 Å². The van der Waals surface area contributed by atoms with Crippen molar-refractivity contribution in [1.82, 2.24) is 0 Å². The fraction of sp³-hybridized carbons (Fsp3) is 1.00. The average molecular weight is 148 g/mol. The first-order chi connectivity index (χ1) is 3.79. The summed E-state index contributed by atoms with van der Waals surface area (Å²) in [5, 5.41) is 0.909. The van der Waals surface area contributed by atoms with Crippen LogP contribution in [0.4, 0.5) is 0 Å². The highest BCUT2D eigenvalue weighted by Crippen LogP contribution is 2.34. The van der Waals surface area contributed by atoms with Crippen LogP contribution in [-0.2, 0) is 0 Å². The maximum absolute atomic E-state index is 2.32. The third-order valence-corrected chi connectivity index (χ3v) is 4.07. The van der Waals surface area contributed by atoms with Gasteiger partial charge >= 0.3 is 0 Å². The molecule has 2 atom stereocenters. The lowest BCUT2D eigenvalue weighted by molar-refractivity contribution is 0.904. The van der Waals surface area contributed by atoms with Gasteiger partial charge in [0.25, 0.3) is 0 Å². The van der Waals surface area contributed by atoms with Crippen LogP contribution < -0.4 is 0 Å². The Morgan fingerprint density at radius 2 is 2.12 bits per heavy atom. The molecule has 0 amide bonds. The molecular formula is C6H12S2. The predicted molar refractivity (Wildman–Crippen MR) is 43.6 cm³/mol. The van der Waals surface area contributed by atoms with E-state index in [0.29, 0.717) is 0 Å². The van der Waals surface area contributed by atoms with Crippen LogP contribution in [0.1, 0.15) is 20.3 Å². The van der Waals surface area contributed by atoms with E-state index in [0.717, 1.165) is 9.83 Å². The molecule has 0 nitrogen and oxygen atoms in total. The fourth-order valence-electron chi connectivity index (χ4n) is 0.834. The molecule has 0 aliphatic carbocycles. The van der Waals surface area contributed by atoms with Gasteiger partial charge in [-0.1, -0.05) is 6.92 Å². The first kappa shape index (κ1) is 6.81. The highest BCUT2D eigenvalue weighted by molar-refractivity contribution is 8.17. The fourth-order valence-corrected chi connectivity index (χ4v) is 3.89. The number of rotatable bonds is 0. The smallest absolute Gasteiger partial charge is 0.0477 e. The molecule has 0 aromatic carbocycles. The molecule has 0 spiro atoms. The van der Waals surface area contributed by atoms with Crippen LogP contribution in [0.3, 0.4) is 0 Å². The Morgan fingerprint density at radius 3 is 2.50 bits per heavy atom. The molecule has 1 saturated heterocycles. The Kier molecular flexibility index (Phi) is 2.57. The minimum absolute atomic E-state index is 0.846.